The van der Waals surface area contributed by atoms with Crippen molar-refractivity contribution < 1.29 is 9.13 Å². The fourth-order valence-electron chi connectivity index (χ4n) is 3.42. The summed E-state index contributed by atoms with van der Waals surface area (Å²) >= 11 is 6.05. The number of ether oxygens (including phenoxy) is 1. The lowest BCUT2D eigenvalue weighted by Gasteiger charge is -2.11. The highest BCUT2D eigenvalue weighted by Crippen LogP contribution is 2.27. The van der Waals surface area contributed by atoms with Crippen LogP contribution in [0, 0.1) is 12.7 Å². The number of para-hydroxylation sites is 2. The van der Waals surface area contributed by atoms with Crippen molar-refractivity contribution in [2.45, 2.75) is 26.3 Å². The first-order valence-corrected chi connectivity index (χ1v) is 10.1. The van der Waals surface area contributed by atoms with E-state index < -0.39 is 0 Å². The van der Waals surface area contributed by atoms with Crippen molar-refractivity contribution in [2.75, 3.05) is 6.61 Å². The predicted molar refractivity (Wildman–Crippen MR) is 116 cm³/mol. The van der Waals surface area contributed by atoms with Crippen LogP contribution in [-0.2, 0) is 6.54 Å². The number of halogens is 2. The van der Waals surface area contributed by atoms with E-state index in [2.05, 4.69) is 9.55 Å². The molecule has 0 saturated heterocycles. The van der Waals surface area contributed by atoms with Gasteiger partial charge in [-0.2, -0.15) is 0 Å². The van der Waals surface area contributed by atoms with Crippen molar-refractivity contribution >= 4 is 22.6 Å². The van der Waals surface area contributed by atoms with E-state index in [1.165, 1.54) is 6.07 Å². The topological polar surface area (TPSA) is 27.1 Å². The fourth-order valence-corrected chi connectivity index (χ4v) is 3.54. The molecule has 0 N–H and O–H groups in total. The van der Waals surface area contributed by atoms with E-state index in [1.54, 1.807) is 12.1 Å². The lowest BCUT2D eigenvalue weighted by molar-refractivity contribution is 0.303. The molecule has 0 aliphatic heterocycles. The van der Waals surface area contributed by atoms with Gasteiger partial charge >= 0.3 is 0 Å². The number of benzene rings is 3. The Morgan fingerprint density at radius 2 is 1.79 bits per heavy atom. The molecule has 0 saturated carbocycles. The molecule has 0 unspecified atom stereocenters. The number of nitrogens with zero attached hydrogens (tertiary/aromatic N) is 2. The highest BCUT2D eigenvalue weighted by molar-refractivity contribution is 6.31. The quantitative estimate of drug-likeness (QED) is 0.319. The van der Waals surface area contributed by atoms with Gasteiger partial charge in [-0.1, -0.05) is 35.9 Å². The second-order valence-corrected chi connectivity index (χ2v) is 7.43. The summed E-state index contributed by atoms with van der Waals surface area (Å²) in [5.41, 5.74) is 3.42. The number of hydrogen-bond acceptors (Lipinski definition) is 2. The first-order chi connectivity index (χ1) is 14.1. The van der Waals surface area contributed by atoms with E-state index in [9.17, 15) is 4.39 Å². The third-order valence-corrected chi connectivity index (χ3v) is 5.37. The summed E-state index contributed by atoms with van der Waals surface area (Å²) in [6, 6.07) is 20.4. The van der Waals surface area contributed by atoms with Gasteiger partial charge in [0.2, 0.25) is 0 Å². The second kappa shape index (κ2) is 8.66. The zero-order valence-electron chi connectivity index (χ0n) is 16.2. The van der Waals surface area contributed by atoms with Gasteiger partial charge in [0.15, 0.2) is 0 Å². The SMILES string of the molecule is Cc1cc(OCCCCn2c(-c3ccccc3F)nc3ccccc32)ccc1Cl. The van der Waals surface area contributed by atoms with Crippen LogP contribution in [0.3, 0.4) is 0 Å². The monoisotopic (exact) mass is 408 g/mol. The molecule has 1 aromatic heterocycles. The van der Waals surface area contributed by atoms with Crippen LogP contribution in [0.25, 0.3) is 22.4 Å². The molecule has 3 aromatic carbocycles. The number of fused-ring (bicyclic) bond motifs is 1. The molecule has 3 nitrogen and oxygen atoms in total. The van der Waals surface area contributed by atoms with Gasteiger partial charge in [0.25, 0.3) is 0 Å². The van der Waals surface area contributed by atoms with E-state index in [0.717, 1.165) is 46.8 Å². The van der Waals surface area contributed by atoms with E-state index in [1.807, 2.05) is 55.5 Å². The van der Waals surface area contributed by atoms with Crippen molar-refractivity contribution in [3.63, 3.8) is 0 Å². The summed E-state index contributed by atoms with van der Waals surface area (Å²) in [5, 5.41) is 0.741. The van der Waals surface area contributed by atoms with Crippen LogP contribution in [0.2, 0.25) is 5.02 Å². The molecular weight excluding hydrogens is 387 g/mol. The Labute approximate surface area is 174 Å². The Balaban J connectivity index is 1.47. The van der Waals surface area contributed by atoms with Gasteiger partial charge in [0.1, 0.15) is 17.4 Å². The second-order valence-electron chi connectivity index (χ2n) is 7.02. The van der Waals surface area contributed by atoms with Crippen molar-refractivity contribution in [1.82, 2.24) is 9.55 Å². The lowest BCUT2D eigenvalue weighted by Crippen LogP contribution is -2.04. The average molecular weight is 409 g/mol. The molecule has 148 valence electrons. The van der Waals surface area contributed by atoms with Gasteiger partial charge in [-0.3, -0.25) is 0 Å². The fraction of sp³-hybridized carbons (Fsp3) is 0.208. The summed E-state index contributed by atoms with van der Waals surface area (Å²) in [7, 11) is 0. The third kappa shape index (κ3) is 4.28. The minimum absolute atomic E-state index is 0.259. The molecule has 4 rings (SSSR count). The first kappa shape index (κ1) is 19.5. The molecular formula is C24H22ClFN2O. The molecule has 29 heavy (non-hydrogen) atoms. The van der Waals surface area contributed by atoms with E-state index in [0.29, 0.717) is 18.0 Å². The van der Waals surface area contributed by atoms with Crippen LogP contribution in [0.15, 0.2) is 66.7 Å². The average Bonchev–Trinajstić information content (AvgIpc) is 3.09. The number of hydrogen-bond donors (Lipinski definition) is 0. The number of rotatable bonds is 7. The Hall–Kier alpha value is -2.85. The van der Waals surface area contributed by atoms with Crippen LogP contribution < -0.4 is 4.74 Å². The molecule has 0 bridgehead atoms. The Morgan fingerprint density at radius 1 is 1.00 bits per heavy atom. The molecule has 0 amide bonds. The molecule has 0 spiro atoms. The van der Waals surface area contributed by atoms with Gasteiger partial charge in [-0.05, 0) is 67.8 Å². The van der Waals surface area contributed by atoms with E-state index >= 15 is 0 Å². The minimum atomic E-state index is -0.259. The Kier molecular flexibility index (Phi) is 5.81. The minimum Gasteiger partial charge on any atom is -0.494 e. The normalized spacial score (nSPS) is 11.1. The maximum absolute atomic E-state index is 14.4. The van der Waals surface area contributed by atoms with Crippen molar-refractivity contribution in [3.8, 4) is 17.1 Å². The Bertz CT molecular complexity index is 1140. The largest absolute Gasteiger partial charge is 0.494 e. The molecule has 0 radical (unpaired) electrons. The van der Waals surface area contributed by atoms with Crippen LogP contribution in [0.4, 0.5) is 4.39 Å². The van der Waals surface area contributed by atoms with Gasteiger partial charge in [-0.15, -0.1) is 0 Å². The van der Waals surface area contributed by atoms with Crippen LogP contribution >= 0.6 is 11.6 Å². The number of aryl methyl sites for hydroxylation is 2. The number of aromatic nitrogens is 2. The van der Waals surface area contributed by atoms with E-state index in [4.69, 9.17) is 16.3 Å². The smallest absolute Gasteiger partial charge is 0.144 e. The zero-order valence-corrected chi connectivity index (χ0v) is 17.0. The third-order valence-electron chi connectivity index (χ3n) is 4.94. The standard InChI is InChI=1S/C24H22ClFN2O/c1-17-16-18(12-13-20(17)25)29-15-7-6-14-28-23-11-5-4-10-22(23)27-24(28)19-8-2-3-9-21(19)26/h2-5,8-13,16H,6-7,14-15H2,1H3. The summed E-state index contributed by atoms with van der Waals surface area (Å²) in [6.07, 6.45) is 1.78. The molecule has 4 aromatic rings. The van der Waals surface area contributed by atoms with Crippen LogP contribution in [0.1, 0.15) is 18.4 Å². The number of unbranched alkanes of at least 4 members (excludes halogenated alkanes) is 1. The van der Waals surface area contributed by atoms with Crippen LogP contribution in [0.5, 0.6) is 5.75 Å². The van der Waals surface area contributed by atoms with Gasteiger partial charge in [0, 0.05) is 11.6 Å². The van der Waals surface area contributed by atoms with Gasteiger partial charge < -0.3 is 9.30 Å². The van der Waals surface area contributed by atoms with Gasteiger partial charge in [-0.25, -0.2) is 9.37 Å². The van der Waals surface area contributed by atoms with Crippen molar-refractivity contribution in [1.29, 1.82) is 0 Å². The highest BCUT2D eigenvalue weighted by Gasteiger charge is 2.15. The summed E-state index contributed by atoms with van der Waals surface area (Å²) in [5.74, 6) is 1.23. The molecule has 1 heterocycles. The molecule has 0 atom stereocenters. The van der Waals surface area contributed by atoms with E-state index in [-0.39, 0.29) is 5.82 Å². The van der Waals surface area contributed by atoms with Crippen molar-refractivity contribution in [3.05, 3.63) is 83.1 Å². The van der Waals surface area contributed by atoms with Crippen LogP contribution in [-0.4, -0.2) is 16.2 Å². The molecule has 5 heteroatoms. The van der Waals surface area contributed by atoms with Crippen molar-refractivity contribution in [2.24, 2.45) is 0 Å². The predicted octanol–water partition coefficient (Wildman–Crippen LogP) is 6.66. The first-order valence-electron chi connectivity index (χ1n) is 9.72. The zero-order chi connectivity index (χ0) is 20.2. The molecule has 0 aliphatic rings. The summed E-state index contributed by atoms with van der Waals surface area (Å²) in [6.45, 7) is 3.32. The highest BCUT2D eigenvalue weighted by atomic mass is 35.5. The lowest BCUT2D eigenvalue weighted by atomic mass is 10.2. The molecule has 0 aliphatic carbocycles. The number of imidazole rings is 1. The van der Waals surface area contributed by atoms with Gasteiger partial charge in [0.05, 0.1) is 23.2 Å². The maximum Gasteiger partial charge on any atom is 0.144 e. The summed E-state index contributed by atoms with van der Waals surface area (Å²) in [4.78, 5) is 4.69. The summed E-state index contributed by atoms with van der Waals surface area (Å²) < 4.78 is 22.3. The maximum atomic E-state index is 14.4. The Morgan fingerprint density at radius 3 is 2.62 bits per heavy atom. The molecule has 0 fully saturated rings.